The molecule has 8 nitrogen and oxygen atoms in total. The Hall–Kier alpha value is -2.77. The van der Waals surface area contributed by atoms with Gasteiger partial charge in [0.05, 0.1) is 26.9 Å². The predicted molar refractivity (Wildman–Crippen MR) is 93.2 cm³/mol. The van der Waals surface area contributed by atoms with Gasteiger partial charge in [-0.25, -0.2) is 9.59 Å². The molecule has 0 saturated heterocycles. The predicted octanol–water partition coefficient (Wildman–Crippen LogP) is 1.56. The molecule has 0 fully saturated rings. The maximum absolute atomic E-state index is 12.1. The average Bonchev–Trinajstić information content (AvgIpc) is 2.68. The first-order chi connectivity index (χ1) is 12.4. The van der Waals surface area contributed by atoms with Gasteiger partial charge in [0.25, 0.3) is 5.91 Å². The fourth-order valence-corrected chi connectivity index (χ4v) is 2.19. The Morgan fingerprint density at radius 2 is 1.73 bits per heavy atom. The molecule has 2 atom stereocenters. The number of benzene rings is 1. The van der Waals surface area contributed by atoms with Crippen molar-refractivity contribution in [1.82, 2.24) is 5.32 Å². The first-order valence-corrected chi connectivity index (χ1v) is 8.14. The van der Waals surface area contributed by atoms with Crippen LogP contribution in [0.1, 0.15) is 30.6 Å². The van der Waals surface area contributed by atoms with Crippen molar-refractivity contribution in [3.63, 3.8) is 0 Å². The molecule has 0 bridgehead atoms. The van der Waals surface area contributed by atoms with Crippen LogP contribution in [0.25, 0.3) is 0 Å². The molecule has 1 aromatic carbocycles. The molecule has 0 aliphatic rings. The second kappa shape index (κ2) is 10.3. The zero-order chi connectivity index (χ0) is 19.7. The molecule has 0 saturated carbocycles. The van der Waals surface area contributed by atoms with Crippen molar-refractivity contribution in [3.05, 3.63) is 23.8 Å². The van der Waals surface area contributed by atoms with Crippen molar-refractivity contribution in [2.45, 2.75) is 26.3 Å². The highest BCUT2D eigenvalue weighted by Crippen LogP contribution is 2.27. The van der Waals surface area contributed by atoms with Gasteiger partial charge in [0.2, 0.25) is 0 Å². The van der Waals surface area contributed by atoms with Crippen molar-refractivity contribution in [2.24, 2.45) is 5.92 Å². The summed E-state index contributed by atoms with van der Waals surface area (Å²) < 4.78 is 19.9. The number of hydrogen-bond acceptors (Lipinski definition) is 7. The molecule has 26 heavy (non-hydrogen) atoms. The van der Waals surface area contributed by atoms with Crippen LogP contribution in [-0.4, -0.2) is 51.8 Å². The Labute approximate surface area is 152 Å². The summed E-state index contributed by atoms with van der Waals surface area (Å²) >= 11 is 0. The van der Waals surface area contributed by atoms with Crippen molar-refractivity contribution in [2.75, 3.05) is 27.9 Å². The van der Waals surface area contributed by atoms with Gasteiger partial charge in [-0.05, 0) is 24.1 Å². The molecule has 0 aliphatic carbocycles. The Kier molecular flexibility index (Phi) is 8.41. The van der Waals surface area contributed by atoms with Crippen molar-refractivity contribution >= 4 is 17.8 Å². The molecule has 0 heterocycles. The highest BCUT2D eigenvalue weighted by atomic mass is 16.5. The highest BCUT2D eigenvalue weighted by Gasteiger charge is 2.27. The zero-order valence-electron chi connectivity index (χ0n) is 15.7. The van der Waals surface area contributed by atoms with E-state index in [9.17, 15) is 14.4 Å². The zero-order valence-corrected chi connectivity index (χ0v) is 15.7. The van der Waals surface area contributed by atoms with E-state index in [-0.39, 0.29) is 11.5 Å². The Bertz CT molecular complexity index is 644. The molecule has 0 unspecified atom stereocenters. The number of carbonyl (C=O) groups excluding carboxylic acids is 3. The summed E-state index contributed by atoms with van der Waals surface area (Å²) in [4.78, 5) is 35.9. The van der Waals surface area contributed by atoms with Crippen LogP contribution in [0.15, 0.2) is 18.2 Å². The molecular weight excluding hydrogens is 342 g/mol. The standard InChI is InChI=1S/C18H25NO7/c1-6-11(2)16(18(22)25-5)19-15(20)10-26-17(21)12-7-8-13(23-3)14(9-12)24-4/h7-9,11,16H,6,10H2,1-5H3,(H,19,20)/t11-,16+/m1/s1. The van der Waals surface area contributed by atoms with Gasteiger partial charge in [-0.3, -0.25) is 4.79 Å². The van der Waals surface area contributed by atoms with E-state index in [1.54, 1.807) is 6.07 Å². The minimum Gasteiger partial charge on any atom is -0.493 e. The first-order valence-electron chi connectivity index (χ1n) is 8.14. The molecule has 1 rings (SSSR count). The van der Waals surface area contributed by atoms with Gasteiger partial charge in [-0.2, -0.15) is 0 Å². The van der Waals surface area contributed by atoms with E-state index in [0.29, 0.717) is 17.9 Å². The largest absolute Gasteiger partial charge is 0.493 e. The van der Waals surface area contributed by atoms with E-state index in [1.165, 1.54) is 33.5 Å². The van der Waals surface area contributed by atoms with E-state index in [0.717, 1.165) is 0 Å². The minimum absolute atomic E-state index is 0.118. The van der Waals surface area contributed by atoms with Gasteiger partial charge in [-0.15, -0.1) is 0 Å². The Morgan fingerprint density at radius 1 is 1.08 bits per heavy atom. The Morgan fingerprint density at radius 3 is 2.27 bits per heavy atom. The summed E-state index contributed by atoms with van der Waals surface area (Å²) in [5.74, 6) is -1.11. The molecule has 0 aliphatic heterocycles. The molecule has 1 amide bonds. The van der Waals surface area contributed by atoms with E-state index < -0.39 is 30.5 Å². The van der Waals surface area contributed by atoms with Crippen LogP contribution < -0.4 is 14.8 Å². The topological polar surface area (TPSA) is 100 Å². The van der Waals surface area contributed by atoms with E-state index in [2.05, 4.69) is 5.32 Å². The Balaban J connectivity index is 2.68. The number of nitrogens with one attached hydrogen (secondary N) is 1. The number of methoxy groups -OCH3 is 3. The fourth-order valence-electron chi connectivity index (χ4n) is 2.19. The lowest BCUT2D eigenvalue weighted by atomic mass is 9.99. The summed E-state index contributed by atoms with van der Waals surface area (Å²) in [6.07, 6.45) is 0.672. The third-order valence-electron chi connectivity index (χ3n) is 3.94. The summed E-state index contributed by atoms with van der Waals surface area (Å²) in [5, 5.41) is 2.53. The van der Waals surface area contributed by atoms with Gasteiger partial charge < -0.3 is 24.3 Å². The van der Waals surface area contributed by atoms with E-state index in [4.69, 9.17) is 18.9 Å². The summed E-state index contributed by atoms with van der Waals surface area (Å²) in [7, 11) is 4.18. The monoisotopic (exact) mass is 367 g/mol. The second-order valence-corrected chi connectivity index (χ2v) is 5.60. The summed E-state index contributed by atoms with van der Waals surface area (Å²) in [6, 6.07) is 3.72. The minimum atomic E-state index is -0.794. The molecule has 1 N–H and O–H groups in total. The number of rotatable bonds is 9. The molecule has 0 radical (unpaired) electrons. The lowest BCUT2D eigenvalue weighted by Gasteiger charge is -2.21. The normalized spacial score (nSPS) is 12.5. The second-order valence-electron chi connectivity index (χ2n) is 5.60. The van der Waals surface area contributed by atoms with Gasteiger partial charge in [-0.1, -0.05) is 20.3 Å². The van der Waals surface area contributed by atoms with Gasteiger partial charge >= 0.3 is 11.9 Å². The number of ether oxygens (including phenoxy) is 4. The quantitative estimate of drug-likeness (QED) is 0.661. The molecule has 0 spiro atoms. The van der Waals surface area contributed by atoms with Crippen LogP contribution >= 0.6 is 0 Å². The van der Waals surface area contributed by atoms with Gasteiger partial charge in [0.15, 0.2) is 18.1 Å². The van der Waals surface area contributed by atoms with Crippen LogP contribution in [0.4, 0.5) is 0 Å². The smallest absolute Gasteiger partial charge is 0.338 e. The van der Waals surface area contributed by atoms with Gasteiger partial charge in [0, 0.05) is 0 Å². The van der Waals surface area contributed by atoms with E-state index >= 15 is 0 Å². The molecule has 8 heteroatoms. The number of esters is 2. The third-order valence-corrected chi connectivity index (χ3v) is 3.94. The van der Waals surface area contributed by atoms with Crippen molar-refractivity contribution in [1.29, 1.82) is 0 Å². The van der Waals surface area contributed by atoms with Crippen LogP contribution in [0.3, 0.4) is 0 Å². The maximum Gasteiger partial charge on any atom is 0.338 e. The SMILES string of the molecule is CC[C@@H](C)[C@H](NC(=O)COC(=O)c1ccc(OC)c(OC)c1)C(=O)OC. The van der Waals surface area contributed by atoms with Crippen LogP contribution in [0, 0.1) is 5.92 Å². The first kappa shape index (κ1) is 21.3. The average molecular weight is 367 g/mol. The summed E-state index contributed by atoms with van der Waals surface area (Å²) in [5.41, 5.74) is 0.210. The highest BCUT2D eigenvalue weighted by molar-refractivity contribution is 5.92. The number of carbonyl (C=O) groups is 3. The van der Waals surface area contributed by atoms with Crippen molar-refractivity contribution in [3.8, 4) is 11.5 Å². The summed E-state index contributed by atoms with van der Waals surface area (Å²) in [6.45, 7) is 3.19. The third kappa shape index (κ3) is 5.65. The van der Waals surface area contributed by atoms with E-state index in [1.807, 2.05) is 13.8 Å². The maximum atomic E-state index is 12.1. The van der Waals surface area contributed by atoms with Gasteiger partial charge in [0.1, 0.15) is 6.04 Å². The lowest BCUT2D eigenvalue weighted by Crippen LogP contribution is -2.47. The molecular formula is C18H25NO7. The lowest BCUT2D eigenvalue weighted by molar-refractivity contribution is -0.147. The molecule has 1 aromatic rings. The van der Waals surface area contributed by atoms with Crippen LogP contribution in [0.2, 0.25) is 0 Å². The molecule has 144 valence electrons. The number of amides is 1. The van der Waals surface area contributed by atoms with Crippen molar-refractivity contribution < 1.29 is 33.3 Å². The van der Waals surface area contributed by atoms with Crippen LogP contribution in [0.5, 0.6) is 11.5 Å². The number of hydrogen-bond donors (Lipinski definition) is 1. The van der Waals surface area contributed by atoms with Crippen LogP contribution in [-0.2, 0) is 19.1 Å². The fraction of sp³-hybridized carbons (Fsp3) is 0.500. The molecule has 0 aromatic heterocycles.